The lowest BCUT2D eigenvalue weighted by atomic mass is 10.2. The number of nitrogens with zero attached hydrogens (tertiary/aromatic N) is 2. The van der Waals surface area contributed by atoms with E-state index in [1.807, 2.05) is 12.2 Å². The quantitative estimate of drug-likeness (QED) is 0.670. The van der Waals surface area contributed by atoms with Crippen molar-refractivity contribution < 1.29 is 24.6 Å². The Kier molecular flexibility index (Phi) is 4.61. The molecule has 1 amide bonds. The van der Waals surface area contributed by atoms with Crippen LogP contribution >= 0.6 is 11.3 Å². The first-order chi connectivity index (χ1) is 10.5. The van der Waals surface area contributed by atoms with Crippen molar-refractivity contribution in [1.29, 1.82) is 0 Å². The minimum absolute atomic E-state index is 0.0428. The van der Waals surface area contributed by atoms with E-state index in [1.165, 1.54) is 5.51 Å². The number of aromatic hydroxyl groups is 1. The molecule has 0 aliphatic carbocycles. The van der Waals surface area contributed by atoms with Gasteiger partial charge in [-0.2, -0.15) is 0 Å². The van der Waals surface area contributed by atoms with Gasteiger partial charge in [0.05, 0.1) is 5.51 Å². The Morgan fingerprint density at radius 3 is 2.86 bits per heavy atom. The SMILES string of the molecule is CCCOn1c(=O)c(C(=O)NCC(=O)O)c(O)c2ncsc21. The van der Waals surface area contributed by atoms with Gasteiger partial charge in [-0.1, -0.05) is 6.92 Å². The van der Waals surface area contributed by atoms with Crippen molar-refractivity contribution in [1.82, 2.24) is 15.0 Å². The van der Waals surface area contributed by atoms with Gasteiger partial charge in [-0.25, -0.2) is 4.98 Å². The Balaban J connectivity index is 2.55. The molecule has 9 nitrogen and oxygen atoms in total. The van der Waals surface area contributed by atoms with Gasteiger partial charge in [0.15, 0.2) is 16.1 Å². The third kappa shape index (κ3) is 2.86. The zero-order chi connectivity index (χ0) is 16.3. The van der Waals surface area contributed by atoms with Crippen LogP contribution in [0, 0.1) is 0 Å². The van der Waals surface area contributed by atoms with E-state index in [0.717, 1.165) is 16.1 Å². The van der Waals surface area contributed by atoms with E-state index in [9.17, 15) is 19.5 Å². The number of carbonyl (C=O) groups is 2. The van der Waals surface area contributed by atoms with Crippen molar-refractivity contribution in [3.8, 4) is 5.75 Å². The lowest BCUT2D eigenvalue weighted by molar-refractivity contribution is -0.135. The maximum atomic E-state index is 12.3. The van der Waals surface area contributed by atoms with E-state index in [-0.39, 0.29) is 17.0 Å². The number of pyridine rings is 1. The van der Waals surface area contributed by atoms with E-state index < -0.39 is 35.3 Å². The number of carboxylic acids is 1. The van der Waals surface area contributed by atoms with Gasteiger partial charge in [-0.3, -0.25) is 14.4 Å². The molecule has 0 fully saturated rings. The Morgan fingerprint density at radius 1 is 1.50 bits per heavy atom. The van der Waals surface area contributed by atoms with Gasteiger partial charge in [0.2, 0.25) is 0 Å². The molecule has 22 heavy (non-hydrogen) atoms. The summed E-state index contributed by atoms with van der Waals surface area (Å²) in [5, 5.41) is 20.7. The maximum Gasteiger partial charge on any atom is 0.322 e. The van der Waals surface area contributed by atoms with Crippen LogP contribution in [-0.2, 0) is 4.79 Å². The lowest BCUT2D eigenvalue weighted by Gasteiger charge is -2.11. The average molecular weight is 327 g/mol. The number of aliphatic carboxylic acids is 1. The van der Waals surface area contributed by atoms with Crippen LogP contribution < -0.4 is 15.7 Å². The largest absolute Gasteiger partial charge is 0.505 e. The predicted octanol–water partition coefficient (Wildman–Crippen LogP) is -0.183. The number of hydrogen-bond acceptors (Lipinski definition) is 7. The molecule has 0 aliphatic heterocycles. The number of fused-ring (bicyclic) bond motifs is 1. The van der Waals surface area contributed by atoms with Crippen LogP contribution in [-0.4, -0.2) is 45.0 Å². The highest BCUT2D eigenvalue weighted by molar-refractivity contribution is 7.16. The molecular formula is C12H13N3O6S. The summed E-state index contributed by atoms with van der Waals surface area (Å²) in [6, 6.07) is 0. The van der Waals surface area contributed by atoms with Gasteiger partial charge < -0.3 is 20.4 Å². The van der Waals surface area contributed by atoms with Crippen molar-refractivity contribution in [2.24, 2.45) is 0 Å². The summed E-state index contributed by atoms with van der Waals surface area (Å²) in [6.45, 7) is 1.40. The Hall–Kier alpha value is -2.62. The summed E-state index contributed by atoms with van der Waals surface area (Å²) in [4.78, 5) is 44.2. The van der Waals surface area contributed by atoms with E-state index in [1.54, 1.807) is 0 Å². The number of nitrogens with one attached hydrogen (secondary N) is 1. The highest BCUT2D eigenvalue weighted by Crippen LogP contribution is 2.27. The molecule has 0 radical (unpaired) electrons. The first kappa shape index (κ1) is 15.8. The molecule has 0 atom stereocenters. The number of thiazole rings is 1. The molecule has 118 valence electrons. The summed E-state index contributed by atoms with van der Waals surface area (Å²) in [5.41, 5.74) is -0.0308. The predicted molar refractivity (Wildman–Crippen MR) is 77.3 cm³/mol. The van der Waals surface area contributed by atoms with Gasteiger partial charge in [0.25, 0.3) is 5.91 Å². The summed E-state index contributed by atoms with van der Waals surface area (Å²) in [6.07, 6.45) is 0.633. The Labute approximate surface area is 127 Å². The number of aromatic nitrogens is 2. The van der Waals surface area contributed by atoms with Crippen LogP contribution in [0.25, 0.3) is 10.3 Å². The smallest absolute Gasteiger partial charge is 0.322 e. The molecule has 0 saturated carbocycles. The summed E-state index contributed by atoms with van der Waals surface area (Å²) >= 11 is 1.07. The second-order valence-corrected chi connectivity index (χ2v) is 5.07. The van der Waals surface area contributed by atoms with Crippen LogP contribution in [0.2, 0.25) is 0 Å². The van der Waals surface area contributed by atoms with Crippen LogP contribution in [0.3, 0.4) is 0 Å². The van der Waals surface area contributed by atoms with Crippen molar-refractivity contribution in [2.45, 2.75) is 13.3 Å². The fourth-order valence-corrected chi connectivity index (χ4v) is 2.46. The fourth-order valence-electron chi connectivity index (χ4n) is 1.71. The molecule has 0 bridgehead atoms. The molecule has 3 N–H and O–H groups in total. The Morgan fingerprint density at radius 2 is 2.23 bits per heavy atom. The first-order valence-corrected chi connectivity index (χ1v) is 7.19. The van der Waals surface area contributed by atoms with Crippen molar-refractivity contribution in [3.05, 3.63) is 21.4 Å². The van der Waals surface area contributed by atoms with E-state index in [4.69, 9.17) is 9.94 Å². The maximum absolute atomic E-state index is 12.3. The highest BCUT2D eigenvalue weighted by Gasteiger charge is 2.24. The van der Waals surface area contributed by atoms with Crippen molar-refractivity contribution >= 4 is 33.6 Å². The summed E-state index contributed by atoms with van der Waals surface area (Å²) < 4.78 is 0.895. The number of amides is 1. The molecule has 10 heteroatoms. The van der Waals surface area contributed by atoms with Gasteiger partial charge in [-0.15, -0.1) is 16.1 Å². The van der Waals surface area contributed by atoms with E-state index in [0.29, 0.717) is 6.42 Å². The van der Waals surface area contributed by atoms with Crippen LogP contribution in [0.15, 0.2) is 10.3 Å². The molecule has 0 aliphatic rings. The van der Waals surface area contributed by atoms with Crippen molar-refractivity contribution in [2.75, 3.05) is 13.2 Å². The second kappa shape index (κ2) is 6.43. The molecule has 0 unspecified atom stereocenters. The minimum atomic E-state index is -1.27. The van der Waals surface area contributed by atoms with Crippen LogP contribution in [0.5, 0.6) is 5.75 Å². The van der Waals surface area contributed by atoms with Crippen LogP contribution in [0.4, 0.5) is 0 Å². The van der Waals surface area contributed by atoms with Crippen molar-refractivity contribution in [3.63, 3.8) is 0 Å². The van der Waals surface area contributed by atoms with E-state index >= 15 is 0 Å². The minimum Gasteiger partial charge on any atom is -0.505 e. The monoisotopic (exact) mass is 327 g/mol. The van der Waals surface area contributed by atoms with E-state index in [2.05, 4.69) is 4.98 Å². The highest BCUT2D eigenvalue weighted by atomic mass is 32.1. The lowest BCUT2D eigenvalue weighted by Crippen LogP contribution is -2.37. The van der Waals surface area contributed by atoms with Crippen LogP contribution in [0.1, 0.15) is 23.7 Å². The molecule has 2 heterocycles. The number of hydrogen-bond donors (Lipinski definition) is 3. The third-order valence-corrected chi connectivity index (χ3v) is 3.44. The molecule has 0 spiro atoms. The third-order valence-electron chi connectivity index (χ3n) is 2.64. The molecule has 0 saturated heterocycles. The molecule has 2 aromatic rings. The van der Waals surface area contributed by atoms with Gasteiger partial charge in [0, 0.05) is 0 Å². The normalized spacial score (nSPS) is 10.6. The topological polar surface area (TPSA) is 131 Å². The molecule has 2 rings (SSSR count). The van der Waals surface area contributed by atoms with Gasteiger partial charge in [-0.05, 0) is 6.42 Å². The zero-order valence-corrected chi connectivity index (χ0v) is 12.3. The Bertz CT molecular complexity index is 781. The first-order valence-electron chi connectivity index (χ1n) is 6.31. The molecular weight excluding hydrogens is 314 g/mol. The average Bonchev–Trinajstić information content (AvgIpc) is 2.94. The fraction of sp³-hybridized carbons (Fsp3) is 0.333. The second-order valence-electron chi connectivity index (χ2n) is 4.24. The molecule has 0 aromatic carbocycles. The number of carboxylic acid groups (broad SMARTS) is 1. The van der Waals surface area contributed by atoms with Gasteiger partial charge in [0.1, 0.15) is 18.7 Å². The summed E-state index contributed by atoms with van der Waals surface area (Å²) in [7, 11) is 0. The zero-order valence-electron chi connectivity index (χ0n) is 11.5. The number of rotatable bonds is 6. The molecule has 2 aromatic heterocycles. The number of carbonyl (C=O) groups excluding carboxylic acids is 1. The van der Waals surface area contributed by atoms with Gasteiger partial charge >= 0.3 is 11.5 Å². The summed E-state index contributed by atoms with van der Waals surface area (Å²) in [5.74, 6) is -2.88. The standard InChI is InChI=1S/C12H13N3O6S/c1-2-3-21-15-11(20)7(10(19)13-4-6(16)17)9(18)8-12(15)22-5-14-8/h5,18H,2-4H2,1H3,(H,13,19)(H,16,17).